The molecule has 2 heteroatoms. The molecular formula is C16H26O2. The average Bonchev–Trinajstić information content (AvgIpc) is 2.37. The van der Waals surface area contributed by atoms with Crippen molar-refractivity contribution in [3.05, 3.63) is 35.6 Å². The molecule has 0 fully saturated rings. The maximum atomic E-state index is 12.1. The zero-order valence-corrected chi connectivity index (χ0v) is 12.2. The number of methoxy groups -OCH3 is 1. The van der Waals surface area contributed by atoms with Gasteiger partial charge in [-0.05, 0) is 31.4 Å². The molecule has 0 unspecified atom stereocenters. The third-order valence-electron chi connectivity index (χ3n) is 2.81. The third kappa shape index (κ3) is 6.43. The van der Waals surface area contributed by atoms with E-state index in [0.29, 0.717) is 12.2 Å². The Balaban J connectivity index is 4.72. The molecule has 0 bridgehead atoms. The lowest BCUT2D eigenvalue weighted by molar-refractivity contribution is -0.115. The van der Waals surface area contributed by atoms with Crippen molar-refractivity contribution in [3.63, 3.8) is 0 Å². The van der Waals surface area contributed by atoms with Gasteiger partial charge in [0.25, 0.3) is 0 Å². The van der Waals surface area contributed by atoms with E-state index in [1.165, 1.54) is 0 Å². The molecule has 0 saturated heterocycles. The topological polar surface area (TPSA) is 26.3 Å². The van der Waals surface area contributed by atoms with Gasteiger partial charge in [-0.15, -0.1) is 0 Å². The van der Waals surface area contributed by atoms with E-state index < -0.39 is 0 Å². The van der Waals surface area contributed by atoms with Crippen molar-refractivity contribution >= 4 is 5.78 Å². The molecule has 102 valence electrons. The van der Waals surface area contributed by atoms with Gasteiger partial charge in [0.1, 0.15) is 5.76 Å². The molecule has 0 aromatic heterocycles. The second-order valence-corrected chi connectivity index (χ2v) is 4.40. The third-order valence-corrected chi connectivity index (χ3v) is 2.81. The van der Waals surface area contributed by atoms with Gasteiger partial charge in [0.05, 0.1) is 7.11 Å². The van der Waals surface area contributed by atoms with Crippen LogP contribution in [0, 0.1) is 0 Å². The number of hydrogen-bond acceptors (Lipinski definition) is 2. The number of ether oxygens (including phenoxy) is 1. The van der Waals surface area contributed by atoms with Crippen molar-refractivity contribution < 1.29 is 9.53 Å². The monoisotopic (exact) mass is 250 g/mol. The highest BCUT2D eigenvalue weighted by Gasteiger charge is 2.07. The van der Waals surface area contributed by atoms with Gasteiger partial charge in [-0.1, -0.05) is 39.3 Å². The number of allylic oxidation sites excluding steroid dienone is 4. The molecule has 0 saturated carbocycles. The fraction of sp³-hybridized carbons (Fsp3) is 0.562. The number of carbonyl (C=O) groups is 1. The highest BCUT2D eigenvalue weighted by Crippen LogP contribution is 2.15. The number of hydrogen-bond donors (Lipinski definition) is 0. The van der Waals surface area contributed by atoms with Gasteiger partial charge >= 0.3 is 0 Å². The van der Waals surface area contributed by atoms with Crippen LogP contribution in [-0.4, -0.2) is 12.9 Å². The summed E-state index contributed by atoms with van der Waals surface area (Å²) in [5, 5.41) is 0. The van der Waals surface area contributed by atoms with Crippen molar-refractivity contribution in [2.75, 3.05) is 7.11 Å². The van der Waals surface area contributed by atoms with E-state index in [1.807, 2.05) is 26.0 Å². The minimum absolute atomic E-state index is 0.216. The Labute approximate surface area is 111 Å². The molecule has 0 amide bonds. The van der Waals surface area contributed by atoms with E-state index in [2.05, 4.69) is 13.5 Å². The molecule has 18 heavy (non-hydrogen) atoms. The van der Waals surface area contributed by atoms with E-state index in [-0.39, 0.29) is 5.78 Å². The van der Waals surface area contributed by atoms with Gasteiger partial charge in [-0.2, -0.15) is 0 Å². The summed E-state index contributed by atoms with van der Waals surface area (Å²) in [6, 6.07) is 0. The maximum Gasteiger partial charge on any atom is 0.162 e. The second-order valence-electron chi connectivity index (χ2n) is 4.40. The lowest BCUT2D eigenvalue weighted by atomic mass is 10.0. The average molecular weight is 250 g/mol. The number of ketones is 1. The first-order chi connectivity index (χ1) is 8.56. The van der Waals surface area contributed by atoms with Gasteiger partial charge in [-0.25, -0.2) is 0 Å². The Kier molecular flexibility index (Phi) is 8.99. The fourth-order valence-electron chi connectivity index (χ4n) is 1.63. The van der Waals surface area contributed by atoms with Crippen LogP contribution in [0.3, 0.4) is 0 Å². The van der Waals surface area contributed by atoms with Crippen LogP contribution >= 0.6 is 0 Å². The molecule has 2 nitrogen and oxygen atoms in total. The first-order valence-corrected chi connectivity index (χ1v) is 6.71. The summed E-state index contributed by atoms with van der Waals surface area (Å²) in [6.07, 6.45) is 8.55. The number of carbonyl (C=O) groups excluding carboxylic acids is 1. The molecule has 0 heterocycles. The predicted octanol–water partition coefficient (Wildman–Crippen LogP) is 4.58. The van der Waals surface area contributed by atoms with Crippen LogP contribution in [-0.2, 0) is 9.53 Å². The van der Waals surface area contributed by atoms with E-state index in [0.717, 1.165) is 36.8 Å². The highest BCUT2D eigenvalue weighted by atomic mass is 16.5. The summed E-state index contributed by atoms with van der Waals surface area (Å²) in [4.78, 5) is 12.1. The van der Waals surface area contributed by atoms with E-state index in [4.69, 9.17) is 4.74 Å². The quantitative estimate of drug-likeness (QED) is 0.259. The molecule has 0 spiro atoms. The number of unbranched alkanes of at least 4 members (excludes halogenated alkanes) is 2. The molecule has 0 aliphatic rings. The normalized spacial score (nSPS) is 12.4. The predicted molar refractivity (Wildman–Crippen MR) is 77.4 cm³/mol. The molecule has 0 radical (unpaired) electrons. The highest BCUT2D eigenvalue weighted by molar-refractivity contribution is 5.98. The summed E-state index contributed by atoms with van der Waals surface area (Å²) in [6.45, 7) is 9.88. The first-order valence-electron chi connectivity index (χ1n) is 6.71. The zero-order valence-electron chi connectivity index (χ0n) is 12.2. The molecule has 0 aromatic carbocycles. The van der Waals surface area contributed by atoms with Gasteiger partial charge in [0.15, 0.2) is 5.78 Å². The van der Waals surface area contributed by atoms with Crippen LogP contribution in [0.4, 0.5) is 0 Å². The fourth-order valence-corrected chi connectivity index (χ4v) is 1.63. The van der Waals surface area contributed by atoms with E-state index in [1.54, 1.807) is 7.11 Å². The number of rotatable bonds is 9. The molecule has 0 aliphatic heterocycles. The molecule has 0 rings (SSSR count). The smallest absolute Gasteiger partial charge is 0.162 e. The standard InChI is InChI=1S/C16H26O2/c1-6-8-9-11-16(17)15(10-7-2)12-13(3)14(4)18-5/h10,12H,4,6-9,11H2,1-3,5H3/b13-12-,15-10+. The maximum absolute atomic E-state index is 12.1. The molecule has 0 aromatic rings. The van der Waals surface area contributed by atoms with Crippen molar-refractivity contribution in [2.45, 2.75) is 52.9 Å². The Morgan fingerprint density at radius 3 is 2.44 bits per heavy atom. The van der Waals surface area contributed by atoms with Crippen molar-refractivity contribution in [3.8, 4) is 0 Å². The molecule has 0 atom stereocenters. The summed E-state index contributed by atoms with van der Waals surface area (Å²) >= 11 is 0. The van der Waals surface area contributed by atoms with Crippen LogP contribution in [0.15, 0.2) is 35.6 Å². The van der Waals surface area contributed by atoms with Crippen LogP contribution in [0.1, 0.15) is 52.9 Å². The van der Waals surface area contributed by atoms with Gasteiger partial charge in [0.2, 0.25) is 0 Å². The minimum atomic E-state index is 0.216. The second kappa shape index (κ2) is 9.69. The molecular weight excluding hydrogens is 224 g/mol. The van der Waals surface area contributed by atoms with E-state index >= 15 is 0 Å². The van der Waals surface area contributed by atoms with Crippen molar-refractivity contribution in [1.82, 2.24) is 0 Å². The number of Topliss-reactive ketones (excluding diaryl/α,β-unsaturated/α-hetero) is 1. The van der Waals surface area contributed by atoms with Crippen LogP contribution in [0.5, 0.6) is 0 Å². The summed E-state index contributed by atoms with van der Waals surface area (Å²) < 4.78 is 5.07. The van der Waals surface area contributed by atoms with Crippen molar-refractivity contribution in [2.24, 2.45) is 0 Å². The summed E-state index contributed by atoms with van der Waals surface area (Å²) in [5.74, 6) is 0.826. The first kappa shape index (κ1) is 16.7. The lowest BCUT2D eigenvalue weighted by Gasteiger charge is -2.06. The molecule has 0 aliphatic carbocycles. The van der Waals surface area contributed by atoms with Crippen LogP contribution < -0.4 is 0 Å². The van der Waals surface area contributed by atoms with Gasteiger partial charge < -0.3 is 4.74 Å². The molecule has 0 N–H and O–H groups in total. The van der Waals surface area contributed by atoms with Gasteiger partial charge in [-0.3, -0.25) is 4.79 Å². The Morgan fingerprint density at radius 2 is 1.94 bits per heavy atom. The van der Waals surface area contributed by atoms with Crippen molar-refractivity contribution in [1.29, 1.82) is 0 Å². The zero-order chi connectivity index (χ0) is 14.0. The lowest BCUT2D eigenvalue weighted by Crippen LogP contribution is -2.02. The van der Waals surface area contributed by atoms with E-state index in [9.17, 15) is 4.79 Å². The van der Waals surface area contributed by atoms with Crippen LogP contribution in [0.25, 0.3) is 0 Å². The Bertz CT molecular complexity index is 335. The summed E-state index contributed by atoms with van der Waals surface area (Å²) in [5.41, 5.74) is 1.69. The van der Waals surface area contributed by atoms with Gasteiger partial charge in [0, 0.05) is 12.0 Å². The minimum Gasteiger partial charge on any atom is -0.497 e. The summed E-state index contributed by atoms with van der Waals surface area (Å²) in [7, 11) is 1.59. The van der Waals surface area contributed by atoms with Crippen LogP contribution in [0.2, 0.25) is 0 Å². The Hall–Kier alpha value is -1.31. The Morgan fingerprint density at radius 1 is 1.28 bits per heavy atom. The largest absolute Gasteiger partial charge is 0.497 e. The SMILES string of the molecule is C=C(OC)/C(C)=C\C(=C/CC)C(=O)CCCCC.